The predicted molar refractivity (Wildman–Crippen MR) is 114 cm³/mol. The fraction of sp³-hybridized carbons (Fsp3) is 0.158. The standard InChI is InChI=1S/C19H17ClN2O2S2/c1-10-4-7-14(11(2)8-10)22-19(25)21-12-5-6-13-15(9-12)26-17(16(13)20)18(23)24-3/h4-9H,1-3H3,(H2,21,22,25). The lowest BCUT2D eigenvalue weighted by Crippen LogP contribution is -2.19. The minimum absolute atomic E-state index is 0.400. The number of rotatable bonds is 3. The molecule has 0 bridgehead atoms. The lowest BCUT2D eigenvalue weighted by molar-refractivity contribution is 0.0606. The zero-order valence-corrected chi connectivity index (χ0v) is 16.9. The fourth-order valence-corrected chi connectivity index (χ4v) is 4.30. The molecule has 0 unspecified atom stereocenters. The van der Waals surface area contributed by atoms with Gasteiger partial charge in [-0.05, 0) is 55.9 Å². The Hall–Kier alpha value is -2.15. The topological polar surface area (TPSA) is 50.4 Å². The molecule has 2 N–H and O–H groups in total. The summed E-state index contributed by atoms with van der Waals surface area (Å²) >= 11 is 13.0. The molecule has 1 heterocycles. The molecule has 0 aliphatic carbocycles. The summed E-state index contributed by atoms with van der Waals surface area (Å²) in [4.78, 5) is 12.2. The maximum Gasteiger partial charge on any atom is 0.349 e. The van der Waals surface area contributed by atoms with Crippen LogP contribution in [0, 0.1) is 13.8 Å². The maximum absolute atomic E-state index is 11.8. The van der Waals surface area contributed by atoms with Gasteiger partial charge in [0.1, 0.15) is 4.88 Å². The van der Waals surface area contributed by atoms with E-state index in [2.05, 4.69) is 23.6 Å². The summed E-state index contributed by atoms with van der Waals surface area (Å²) in [6, 6.07) is 11.8. The smallest absolute Gasteiger partial charge is 0.349 e. The van der Waals surface area contributed by atoms with Crippen LogP contribution in [-0.2, 0) is 4.74 Å². The Morgan fingerprint density at radius 1 is 1.15 bits per heavy atom. The molecular formula is C19H17ClN2O2S2. The third-order valence-electron chi connectivity index (χ3n) is 3.89. The van der Waals surface area contributed by atoms with Crippen molar-refractivity contribution < 1.29 is 9.53 Å². The average Bonchev–Trinajstić information content (AvgIpc) is 2.93. The van der Waals surface area contributed by atoms with E-state index in [1.54, 1.807) is 0 Å². The molecule has 7 heteroatoms. The van der Waals surface area contributed by atoms with Gasteiger partial charge in [0.15, 0.2) is 5.11 Å². The molecule has 0 aliphatic rings. The van der Waals surface area contributed by atoms with E-state index in [9.17, 15) is 4.79 Å². The summed E-state index contributed by atoms with van der Waals surface area (Å²) < 4.78 is 5.65. The zero-order chi connectivity index (χ0) is 18.8. The number of ether oxygens (including phenoxy) is 1. The van der Waals surface area contributed by atoms with Crippen molar-refractivity contribution in [2.45, 2.75) is 13.8 Å². The number of aryl methyl sites for hydroxylation is 2. The van der Waals surface area contributed by atoms with Crippen molar-refractivity contribution in [3.8, 4) is 0 Å². The van der Waals surface area contributed by atoms with E-state index in [1.165, 1.54) is 24.0 Å². The van der Waals surface area contributed by atoms with Crippen molar-refractivity contribution in [1.29, 1.82) is 0 Å². The summed E-state index contributed by atoms with van der Waals surface area (Å²) in [6.45, 7) is 4.09. The van der Waals surface area contributed by atoms with Crippen molar-refractivity contribution >= 4 is 67.7 Å². The summed E-state index contributed by atoms with van der Waals surface area (Å²) in [5.41, 5.74) is 4.10. The number of thiocarbonyl (C=S) groups is 1. The van der Waals surface area contributed by atoms with Crippen LogP contribution in [0.15, 0.2) is 36.4 Å². The molecule has 1 aromatic heterocycles. The van der Waals surface area contributed by atoms with Crippen molar-refractivity contribution in [2.24, 2.45) is 0 Å². The molecule has 0 radical (unpaired) electrons. The van der Waals surface area contributed by atoms with Gasteiger partial charge in [0.25, 0.3) is 0 Å². The van der Waals surface area contributed by atoms with Crippen LogP contribution in [0.1, 0.15) is 20.8 Å². The number of benzene rings is 2. The lowest BCUT2D eigenvalue weighted by atomic mass is 10.1. The van der Waals surface area contributed by atoms with E-state index >= 15 is 0 Å². The number of halogens is 1. The number of carbonyl (C=O) groups excluding carboxylic acids is 1. The summed E-state index contributed by atoms with van der Waals surface area (Å²) in [7, 11) is 1.34. The van der Waals surface area contributed by atoms with Gasteiger partial charge >= 0.3 is 5.97 Å². The second-order valence-electron chi connectivity index (χ2n) is 5.85. The van der Waals surface area contributed by atoms with Gasteiger partial charge in [-0.15, -0.1) is 11.3 Å². The van der Waals surface area contributed by atoms with Crippen LogP contribution in [0.3, 0.4) is 0 Å². The van der Waals surface area contributed by atoms with Crippen LogP contribution in [-0.4, -0.2) is 18.2 Å². The van der Waals surface area contributed by atoms with Crippen molar-refractivity contribution in [1.82, 2.24) is 0 Å². The number of thiophene rings is 1. The normalized spacial score (nSPS) is 10.6. The summed E-state index contributed by atoms with van der Waals surface area (Å²) in [5, 5.41) is 8.09. The largest absolute Gasteiger partial charge is 0.465 e. The van der Waals surface area contributed by atoms with Crippen molar-refractivity contribution in [3.05, 3.63) is 57.4 Å². The maximum atomic E-state index is 11.8. The Bertz CT molecular complexity index is 1010. The van der Waals surface area contributed by atoms with Gasteiger partial charge in [-0.2, -0.15) is 0 Å². The quantitative estimate of drug-likeness (QED) is 0.429. The second kappa shape index (κ2) is 7.61. The monoisotopic (exact) mass is 404 g/mol. The third kappa shape index (κ3) is 3.82. The Morgan fingerprint density at radius 3 is 2.62 bits per heavy atom. The average molecular weight is 405 g/mol. The first-order valence-electron chi connectivity index (χ1n) is 7.84. The number of hydrogen-bond donors (Lipinski definition) is 2. The fourth-order valence-electron chi connectivity index (χ4n) is 2.61. The van der Waals surface area contributed by atoms with Crippen LogP contribution >= 0.6 is 35.2 Å². The van der Waals surface area contributed by atoms with Gasteiger partial charge in [0.05, 0.1) is 12.1 Å². The molecule has 0 fully saturated rings. The predicted octanol–water partition coefficient (Wildman–Crippen LogP) is 5.77. The molecule has 0 amide bonds. The first kappa shape index (κ1) is 18.6. The number of methoxy groups -OCH3 is 1. The van der Waals surface area contributed by atoms with E-state index in [4.69, 9.17) is 28.6 Å². The van der Waals surface area contributed by atoms with E-state index < -0.39 is 5.97 Å². The van der Waals surface area contributed by atoms with Gasteiger partial charge in [-0.1, -0.05) is 29.3 Å². The number of esters is 1. The first-order chi connectivity index (χ1) is 12.4. The Morgan fingerprint density at radius 2 is 1.92 bits per heavy atom. The molecule has 26 heavy (non-hydrogen) atoms. The highest BCUT2D eigenvalue weighted by Crippen LogP contribution is 2.37. The molecule has 0 spiro atoms. The van der Waals surface area contributed by atoms with Gasteiger partial charge in [-0.3, -0.25) is 0 Å². The van der Waals surface area contributed by atoms with Gasteiger partial charge < -0.3 is 15.4 Å². The van der Waals surface area contributed by atoms with Crippen LogP contribution < -0.4 is 10.6 Å². The molecule has 0 saturated carbocycles. The van der Waals surface area contributed by atoms with E-state index in [0.29, 0.717) is 15.0 Å². The minimum atomic E-state index is -0.433. The Labute approximate surface area is 166 Å². The molecule has 134 valence electrons. The second-order valence-corrected chi connectivity index (χ2v) is 7.68. The molecule has 0 aliphatic heterocycles. The Balaban J connectivity index is 1.80. The number of fused-ring (bicyclic) bond motifs is 1. The highest BCUT2D eigenvalue weighted by molar-refractivity contribution is 7.80. The molecule has 0 saturated heterocycles. The molecule has 3 aromatic rings. The van der Waals surface area contributed by atoms with Gasteiger partial charge in [0, 0.05) is 21.5 Å². The third-order valence-corrected chi connectivity index (χ3v) is 5.73. The zero-order valence-electron chi connectivity index (χ0n) is 14.5. The molecular weight excluding hydrogens is 388 g/mol. The van der Waals surface area contributed by atoms with Crippen LogP contribution in [0.25, 0.3) is 10.1 Å². The summed E-state index contributed by atoms with van der Waals surface area (Å²) in [5.74, 6) is -0.433. The number of nitrogens with one attached hydrogen (secondary N) is 2. The van der Waals surface area contributed by atoms with E-state index in [0.717, 1.165) is 27.0 Å². The van der Waals surface area contributed by atoms with Crippen molar-refractivity contribution in [3.63, 3.8) is 0 Å². The number of carbonyl (C=O) groups is 1. The van der Waals surface area contributed by atoms with Gasteiger partial charge in [-0.25, -0.2) is 4.79 Å². The first-order valence-corrected chi connectivity index (χ1v) is 9.45. The van der Waals surface area contributed by atoms with Crippen LogP contribution in [0.4, 0.5) is 11.4 Å². The molecule has 3 rings (SSSR count). The Kier molecular flexibility index (Phi) is 5.46. The number of anilines is 2. The van der Waals surface area contributed by atoms with Gasteiger partial charge in [0.2, 0.25) is 0 Å². The van der Waals surface area contributed by atoms with Crippen LogP contribution in [0.5, 0.6) is 0 Å². The summed E-state index contributed by atoms with van der Waals surface area (Å²) in [6.07, 6.45) is 0. The van der Waals surface area contributed by atoms with Crippen molar-refractivity contribution in [2.75, 3.05) is 17.7 Å². The van der Waals surface area contributed by atoms with E-state index in [-0.39, 0.29) is 0 Å². The minimum Gasteiger partial charge on any atom is -0.465 e. The molecule has 4 nitrogen and oxygen atoms in total. The molecule has 2 aromatic carbocycles. The lowest BCUT2D eigenvalue weighted by Gasteiger charge is -2.13. The number of hydrogen-bond acceptors (Lipinski definition) is 4. The van der Waals surface area contributed by atoms with Crippen LogP contribution in [0.2, 0.25) is 5.02 Å². The SMILES string of the molecule is COC(=O)c1sc2cc(NC(=S)Nc3ccc(C)cc3C)ccc2c1Cl. The van der Waals surface area contributed by atoms with E-state index in [1.807, 2.05) is 37.3 Å². The molecule has 0 atom stereocenters. The highest BCUT2D eigenvalue weighted by Gasteiger charge is 2.17. The highest BCUT2D eigenvalue weighted by atomic mass is 35.5.